The number of carbonyl (C=O) groups excluding carboxylic acids is 4. The number of esters is 2. The standard InChI is InChI=1S/C14H22N2O7Si/c1-10(15-8-17)13(19)21-6-12(23-24(3,4)5)7-22-14(20)11(2)16-9-18/h10-12H,6-7H2,1-5H3. The molecule has 0 spiro atoms. The second-order valence-electron chi connectivity index (χ2n) is 5.91. The normalized spacial score (nSPS) is 14.4. The molecule has 0 saturated heterocycles. The van der Waals surface area contributed by atoms with E-state index >= 15 is 0 Å². The highest BCUT2D eigenvalue weighted by atomic mass is 28.4. The van der Waals surface area contributed by atoms with Crippen molar-refractivity contribution >= 4 is 32.4 Å². The molecule has 0 saturated carbocycles. The zero-order valence-corrected chi connectivity index (χ0v) is 15.4. The van der Waals surface area contributed by atoms with Crippen LogP contribution in [0, 0.1) is 0 Å². The van der Waals surface area contributed by atoms with Crippen LogP contribution >= 0.6 is 0 Å². The maximum absolute atomic E-state index is 11.6. The summed E-state index contributed by atoms with van der Waals surface area (Å²) in [6, 6.07) is -1.95. The summed E-state index contributed by atoms with van der Waals surface area (Å²) in [6.45, 7) is 8.20. The Morgan fingerprint density at radius 2 is 1.29 bits per heavy atom. The van der Waals surface area contributed by atoms with Gasteiger partial charge < -0.3 is 13.9 Å². The first kappa shape index (κ1) is 21.9. The number of aliphatic imine (C=N–C) groups is 2. The molecule has 0 rings (SSSR count). The van der Waals surface area contributed by atoms with Gasteiger partial charge in [-0.15, -0.1) is 0 Å². The number of isocyanates is 2. The fourth-order valence-corrected chi connectivity index (χ4v) is 2.61. The summed E-state index contributed by atoms with van der Waals surface area (Å²) in [5.74, 6) is -1.43. The summed E-state index contributed by atoms with van der Waals surface area (Å²) in [5.41, 5.74) is 0. The third-order valence-electron chi connectivity index (χ3n) is 2.52. The summed E-state index contributed by atoms with van der Waals surface area (Å²) in [6.07, 6.45) is 1.88. The molecule has 0 aliphatic rings. The Hall–Kier alpha value is -2.12. The fraction of sp³-hybridized carbons (Fsp3) is 0.714. The summed E-state index contributed by atoms with van der Waals surface area (Å²) < 4.78 is 15.8. The van der Waals surface area contributed by atoms with Crippen molar-refractivity contribution in [1.82, 2.24) is 0 Å². The van der Waals surface area contributed by atoms with Gasteiger partial charge in [0.05, 0.1) is 0 Å². The molecule has 0 aromatic carbocycles. The molecule has 0 fully saturated rings. The van der Waals surface area contributed by atoms with Crippen LogP contribution in [0.15, 0.2) is 9.98 Å². The van der Waals surface area contributed by atoms with Gasteiger partial charge in [-0.1, -0.05) is 0 Å². The molecule has 9 nitrogen and oxygen atoms in total. The van der Waals surface area contributed by atoms with Crippen LogP contribution < -0.4 is 0 Å². The number of rotatable bonds is 10. The van der Waals surface area contributed by atoms with E-state index in [2.05, 4.69) is 9.98 Å². The van der Waals surface area contributed by atoms with Gasteiger partial charge in [-0.2, -0.15) is 9.98 Å². The first-order valence-corrected chi connectivity index (χ1v) is 10.7. The fourth-order valence-electron chi connectivity index (χ4n) is 1.47. The van der Waals surface area contributed by atoms with E-state index in [-0.39, 0.29) is 13.2 Å². The van der Waals surface area contributed by atoms with E-state index in [4.69, 9.17) is 13.9 Å². The van der Waals surface area contributed by atoms with E-state index in [0.717, 1.165) is 0 Å². The van der Waals surface area contributed by atoms with E-state index < -0.39 is 38.4 Å². The molecule has 0 aliphatic carbocycles. The Morgan fingerprint density at radius 1 is 0.917 bits per heavy atom. The second kappa shape index (κ2) is 10.6. The monoisotopic (exact) mass is 358 g/mol. The lowest BCUT2D eigenvalue weighted by atomic mass is 10.3. The minimum atomic E-state index is -2.00. The highest BCUT2D eigenvalue weighted by Gasteiger charge is 2.25. The van der Waals surface area contributed by atoms with Gasteiger partial charge in [-0.3, -0.25) is 0 Å². The van der Waals surface area contributed by atoms with Crippen molar-refractivity contribution in [2.75, 3.05) is 13.2 Å². The molecule has 10 heteroatoms. The number of ether oxygens (including phenoxy) is 2. The Morgan fingerprint density at radius 3 is 1.58 bits per heavy atom. The summed E-state index contributed by atoms with van der Waals surface area (Å²) >= 11 is 0. The second-order valence-corrected chi connectivity index (χ2v) is 10.4. The van der Waals surface area contributed by atoms with Crippen molar-refractivity contribution in [3.05, 3.63) is 0 Å². The topological polar surface area (TPSA) is 121 Å². The highest BCUT2D eigenvalue weighted by molar-refractivity contribution is 6.69. The Labute approximate surface area is 141 Å². The molecule has 0 N–H and O–H groups in total. The molecule has 0 bridgehead atoms. The Kier molecular flexibility index (Phi) is 9.67. The molecular formula is C14H22N2O7Si. The lowest BCUT2D eigenvalue weighted by Crippen LogP contribution is -2.39. The van der Waals surface area contributed by atoms with Crippen LogP contribution in [-0.4, -0.2) is 63.8 Å². The van der Waals surface area contributed by atoms with Crippen LogP contribution in [0.5, 0.6) is 0 Å². The molecule has 0 aromatic heterocycles. The molecule has 134 valence electrons. The van der Waals surface area contributed by atoms with Crippen molar-refractivity contribution in [2.24, 2.45) is 9.98 Å². The first-order chi connectivity index (χ1) is 11.1. The third-order valence-corrected chi connectivity index (χ3v) is 3.56. The van der Waals surface area contributed by atoms with E-state index in [9.17, 15) is 19.2 Å². The lowest BCUT2D eigenvalue weighted by Gasteiger charge is -2.26. The van der Waals surface area contributed by atoms with Gasteiger partial charge in [0, 0.05) is 0 Å². The number of hydrogen-bond acceptors (Lipinski definition) is 9. The largest absolute Gasteiger partial charge is 0.461 e. The maximum Gasteiger partial charge on any atom is 0.331 e. The van der Waals surface area contributed by atoms with Gasteiger partial charge in [-0.25, -0.2) is 19.2 Å². The zero-order valence-electron chi connectivity index (χ0n) is 14.4. The van der Waals surface area contributed by atoms with E-state index in [1.54, 1.807) is 0 Å². The zero-order chi connectivity index (χ0) is 18.8. The molecule has 0 radical (unpaired) electrons. The van der Waals surface area contributed by atoms with Gasteiger partial charge in [0.15, 0.2) is 20.4 Å². The quantitative estimate of drug-likeness (QED) is 0.244. The van der Waals surface area contributed by atoms with Crippen molar-refractivity contribution in [3.63, 3.8) is 0 Å². The van der Waals surface area contributed by atoms with Crippen molar-refractivity contribution in [3.8, 4) is 0 Å². The first-order valence-electron chi connectivity index (χ1n) is 7.25. The maximum atomic E-state index is 11.6. The SMILES string of the molecule is CC(N=C=O)C(=O)OCC(COC(=O)C(C)N=C=O)O[Si](C)(C)C. The van der Waals surface area contributed by atoms with Gasteiger partial charge in [0.1, 0.15) is 19.3 Å². The van der Waals surface area contributed by atoms with Gasteiger partial charge in [0.25, 0.3) is 0 Å². The molecule has 24 heavy (non-hydrogen) atoms. The van der Waals surface area contributed by atoms with Crippen molar-refractivity contribution in [1.29, 1.82) is 0 Å². The predicted molar refractivity (Wildman–Crippen MR) is 85.3 cm³/mol. The molecule has 0 heterocycles. The van der Waals surface area contributed by atoms with Crippen molar-refractivity contribution < 1.29 is 33.1 Å². The van der Waals surface area contributed by atoms with E-state index in [0.29, 0.717) is 0 Å². The lowest BCUT2D eigenvalue weighted by molar-refractivity contribution is -0.152. The van der Waals surface area contributed by atoms with E-state index in [1.165, 1.54) is 26.0 Å². The van der Waals surface area contributed by atoms with Gasteiger partial charge >= 0.3 is 11.9 Å². The van der Waals surface area contributed by atoms with Crippen molar-refractivity contribution in [2.45, 2.75) is 51.7 Å². The smallest absolute Gasteiger partial charge is 0.331 e. The predicted octanol–water partition coefficient (Wildman–Crippen LogP) is 0.741. The molecule has 2 atom stereocenters. The summed E-state index contributed by atoms with van der Waals surface area (Å²) in [4.78, 5) is 50.0. The van der Waals surface area contributed by atoms with Gasteiger partial charge in [0.2, 0.25) is 12.2 Å². The molecule has 0 aromatic rings. The molecular weight excluding hydrogens is 336 g/mol. The molecule has 0 aliphatic heterocycles. The average Bonchev–Trinajstić information content (AvgIpc) is 2.48. The summed E-state index contributed by atoms with van der Waals surface area (Å²) in [7, 11) is -2.00. The highest BCUT2D eigenvalue weighted by Crippen LogP contribution is 2.10. The third kappa shape index (κ3) is 9.81. The van der Waals surface area contributed by atoms with Crippen LogP contribution in [0.1, 0.15) is 13.8 Å². The number of carbonyl (C=O) groups is 2. The minimum absolute atomic E-state index is 0.166. The van der Waals surface area contributed by atoms with Crippen LogP contribution in [0.2, 0.25) is 19.6 Å². The minimum Gasteiger partial charge on any atom is -0.461 e. The van der Waals surface area contributed by atoms with Crippen LogP contribution in [0.25, 0.3) is 0 Å². The Bertz CT molecular complexity index is 494. The number of hydrogen-bond donors (Lipinski definition) is 0. The van der Waals surface area contributed by atoms with E-state index in [1.807, 2.05) is 19.6 Å². The van der Waals surface area contributed by atoms with Crippen LogP contribution in [0.4, 0.5) is 0 Å². The molecule has 2 unspecified atom stereocenters. The Balaban J connectivity index is 4.69. The number of nitrogens with zero attached hydrogens (tertiary/aromatic N) is 2. The van der Waals surface area contributed by atoms with Gasteiger partial charge in [-0.05, 0) is 33.5 Å². The van der Waals surface area contributed by atoms with Crippen LogP contribution in [0.3, 0.4) is 0 Å². The summed E-state index contributed by atoms with van der Waals surface area (Å²) in [5, 5.41) is 0. The average molecular weight is 358 g/mol. The van der Waals surface area contributed by atoms with Crippen LogP contribution in [-0.2, 0) is 33.1 Å². The molecule has 0 amide bonds.